The number of hydrogen-bond donors (Lipinski definition) is 0. The van der Waals surface area contributed by atoms with Crippen molar-refractivity contribution in [2.75, 3.05) is 26.8 Å². The zero-order valence-electron chi connectivity index (χ0n) is 15.5. The normalized spacial score (nSPS) is 17.7. The van der Waals surface area contributed by atoms with Crippen LogP contribution in [0.1, 0.15) is 56.3 Å². The summed E-state index contributed by atoms with van der Waals surface area (Å²) in [7, 11) is 1.52. The Balaban J connectivity index is 1.92. The molecule has 0 radical (unpaired) electrons. The lowest BCUT2D eigenvalue weighted by Gasteiger charge is -2.21. The second-order valence-corrected chi connectivity index (χ2v) is 6.68. The number of Topliss-reactive ketones (excluding diaryl/α,β-unsaturated/α-hetero) is 1. The third-order valence-corrected chi connectivity index (χ3v) is 4.82. The maximum Gasteiger partial charge on any atom is 0.260 e. The fourth-order valence-electron chi connectivity index (χ4n) is 3.35. The quantitative estimate of drug-likeness (QED) is 0.706. The number of amides is 1. The molecule has 1 aromatic carbocycles. The predicted octanol–water partition coefficient (Wildman–Crippen LogP) is 3.71. The number of carbonyl (C=O) groups excluding carboxylic acids is 2. The highest BCUT2D eigenvalue weighted by Crippen LogP contribution is 2.28. The van der Waals surface area contributed by atoms with Crippen LogP contribution in [0.15, 0.2) is 18.2 Å². The summed E-state index contributed by atoms with van der Waals surface area (Å²) in [6, 6.07) is 5.01. The Bertz CT molecular complexity index is 599. The van der Waals surface area contributed by atoms with Crippen LogP contribution < -0.4 is 9.47 Å². The lowest BCUT2D eigenvalue weighted by Crippen LogP contribution is -2.35. The topological polar surface area (TPSA) is 55.8 Å². The Hall–Kier alpha value is -2.04. The Morgan fingerprint density at radius 2 is 2.00 bits per heavy atom. The number of likely N-dealkylation sites (tertiary alicyclic amines) is 1. The summed E-state index contributed by atoms with van der Waals surface area (Å²) in [5, 5.41) is 0. The third-order valence-electron chi connectivity index (χ3n) is 4.82. The maximum atomic E-state index is 12.5. The van der Waals surface area contributed by atoms with Crippen molar-refractivity contribution in [3.63, 3.8) is 0 Å². The van der Waals surface area contributed by atoms with Crippen molar-refractivity contribution in [1.82, 2.24) is 4.90 Å². The van der Waals surface area contributed by atoms with Gasteiger partial charge in [-0.2, -0.15) is 0 Å². The summed E-state index contributed by atoms with van der Waals surface area (Å²) >= 11 is 0. The zero-order valence-corrected chi connectivity index (χ0v) is 15.5. The molecular formula is C20H29NO4. The molecule has 0 unspecified atom stereocenters. The van der Waals surface area contributed by atoms with Gasteiger partial charge in [-0.25, -0.2) is 0 Å². The monoisotopic (exact) mass is 347 g/mol. The van der Waals surface area contributed by atoms with E-state index in [9.17, 15) is 9.59 Å². The second kappa shape index (κ2) is 9.44. The Morgan fingerprint density at radius 3 is 2.68 bits per heavy atom. The highest BCUT2D eigenvalue weighted by Gasteiger charge is 2.21. The molecule has 1 atom stereocenters. The number of ketones is 1. The molecule has 1 aromatic rings. The largest absolute Gasteiger partial charge is 0.493 e. The fourth-order valence-corrected chi connectivity index (χ4v) is 3.35. The van der Waals surface area contributed by atoms with E-state index in [4.69, 9.17) is 9.47 Å². The summed E-state index contributed by atoms with van der Waals surface area (Å²) in [5.41, 5.74) is 0.560. The molecule has 2 rings (SSSR count). The van der Waals surface area contributed by atoms with Gasteiger partial charge in [0.1, 0.15) is 0 Å². The number of ether oxygens (including phenoxy) is 2. The second-order valence-electron chi connectivity index (χ2n) is 6.68. The van der Waals surface area contributed by atoms with Crippen LogP contribution in [0, 0.1) is 5.92 Å². The molecule has 1 heterocycles. The standard InChI is InChI=1S/C20H29NO4/c1-4-6-16-7-5-11-21(12-10-16)20(23)14-25-18-9-8-17(15(2)22)13-19(18)24-3/h8-9,13,16H,4-7,10-12,14H2,1-3H3/t16-/m1/s1. The molecule has 1 fully saturated rings. The molecule has 25 heavy (non-hydrogen) atoms. The van der Waals surface area contributed by atoms with Crippen LogP contribution in [0.4, 0.5) is 0 Å². The summed E-state index contributed by atoms with van der Waals surface area (Å²) in [6.07, 6.45) is 5.80. The molecule has 1 aliphatic heterocycles. The van der Waals surface area contributed by atoms with Gasteiger partial charge in [-0.1, -0.05) is 19.8 Å². The summed E-state index contributed by atoms with van der Waals surface area (Å²) in [4.78, 5) is 25.8. The van der Waals surface area contributed by atoms with Crippen LogP contribution in [-0.4, -0.2) is 43.4 Å². The van der Waals surface area contributed by atoms with Crippen molar-refractivity contribution >= 4 is 11.7 Å². The summed E-state index contributed by atoms with van der Waals surface area (Å²) in [6.45, 7) is 5.33. The predicted molar refractivity (Wildman–Crippen MR) is 97.3 cm³/mol. The van der Waals surface area contributed by atoms with Gasteiger partial charge in [-0.3, -0.25) is 9.59 Å². The molecule has 0 aromatic heterocycles. The molecule has 5 heteroatoms. The molecule has 0 saturated carbocycles. The first-order valence-electron chi connectivity index (χ1n) is 9.14. The minimum Gasteiger partial charge on any atom is -0.493 e. The van der Waals surface area contributed by atoms with Gasteiger partial charge in [0.25, 0.3) is 5.91 Å². The minimum absolute atomic E-state index is 0.00573. The highest BCUT2D eigenvalue weighted by molar-refractivity contribution is 5.94. The van der Waals surface area contributed by atoms with Crippen LogP contribution in [0.25, 0.3) is 0 Å². The van der Waals surface area contributed by atoms with Gasteiger partial charge in [0.05, 0.1) is 7.11 Å². The van der Waals surface area contributed by atoms with Crippen LogP contribution >= 0.6 is 0 Å². The summed E-state index contributed by atoms with van der Waals surface area (Å²) < 4.78 is 10.9. The molecule has 1 amide bonds. The number of benzene rings is 1. The van der Waals surface area contributed by atoms with Crippen LogP contribution in [0.3, 0.4) is 0 Å². The van der Waals surface area contributed by atoms with E-state index in [1.165, 1.54) is 33.3 Å². The molecule has 0 bridgehead atoms. The van der Waals surface area contributed by atoms with Gasteiger partial charge < -0.3 is 14.4 Å². The number of hydrogen-bond acceptors (Lipinski definition) is 4. The number of nitrogens with zero attached hydrogens (tertiary/aromatic N) is 1. The van der Waals surface area contributed by atoms with Crippen molar-refractivity contribution < 1.29 is 19.1 Å². The first kappa shape index (κ1) is 19.3. The molecule has 138 valence electrons. The average Bonchev–Trinajstić information content (AvgIpc) is 2.85. The SMILES string of the molecule is CCC[C@@H]1CCCN(C(=O)COc2ccc(C(C)=O)cc2OC)CC1. The van der Waals surface area contributed by atoms with Gasteiger partial charge in [0.15, 0.2) is 23.9 Å². The molecular weight excluding hydrogens is 318 g/mol. The van der Waals surface area contributed by atoms with E-state index < -0.39 is 0 Å². The first-order valence-corrected chi connectivity index (χ1v) is 9.14. The average molecular weight is 347 g/mol. The molecule has 1 saturated heterocycles. The Morgan fingerprint density at radius 1 is 1.20 bits per heavy atom. The van der Waals surface area contributed by atoms with Crippen molar-refractivity contribution in [2.45, 2.75) is 46.0 Å². The first-order chi connectivity index (χ1) is 12.0. The minimum atomic E-state index is -0.0351. The van der Waals surface area contributed by atoms with Gasteiger partial charge in [0, 0.05) is 18.7 Å². The van der Waals surface area contributed by atoms with Crippen molar-refractivity contribution in [3.8, 4) is 11.5 Å². The lowest BCUT2D eigenvalue weighted by molar-refractivity contribution is -0.133. The van der Waals surface area contributed by atoms with Crippen molar-refractivity contribution in [3.05, 3.63) is 23.8 Å². The van der Waals surface area contributed by atoms with E-state index in [1.807, 2.05) is 4.90 Å². The summed E-state index contributed by atoms with van der Waals surface area (Å²) in [5.74, 6) is 1.67. The Kier molecular flexibility index (Phi) is 7.29. The molecule has 0 N–H and O–H groups in total. The molecule has 0 spiro atoms. The van der Waals surface area contributed by atoms with E-state index in [1.54, 1.807) is 18.2 Å². The van der Waals surface area contributed by atoms with Crippen molar-refractivity contribution in [2.24, 2.45) is 5.92 Å². The van der Waals surface area contributed by atoms with E-state index in [-0.39, 0.29) is 18.3 Å². The maximum absolute atomic E-state index is 12.5. The van der Waals surface area contributed by atoms with Gasteiger partial charge in [0.2, 0.25) is 0 Å². The van der Waals surface area contributed by atoms with Crippen LogP contribution in [0.2, 0.25) is 0 Å². The smallest absolute Gasteiger partial charge is 0.260 e. The number of methoxy groups -OCH3 is 1. The zero-order chi connectivity index (χ0) is 18.2. The van der Waals surface area contributed by atoms with Crippen LogP contribution in [-0.2, 0) is 4.79 Å². The van der Waals surface area contributed by atoms with E-state index in [0.717, 1.165) is 31.8 Å². The van der Waals surface area contributed by atoms with E-state index >= 15 is 0 Å². The van der Waals surface area contributed by atoms with Gasteiger partial charge in [-0.15, -0.1) is 0 Å². The molecule has 1 aliphatic rings. The van der Waals surface area contributed by atoms with Crippen LogP contribution in [0.5, 0.6) is 11.5 Å². The molecule has 5 nitrogen and oxygen atoms in total. The third kappa shape index (κ3) is 5.48. The molecule has 0 aliphatic carbocycles. The number of carbonyl (C=O) groups is 2. The Labute approximate surface area is 150 Å². The van der Waals surface area contributed by atoms with Gasteiger partial charge in [-0.05, 0) is 50.3 Å². The van der Waals surface area contributed by atoms with E-state index in [2.05, 4.69) is 6.92 Å². The van der Waals surface area contributed by atoms with Crippen molar-refractivity contribution in [1.29, 1.82) is 0 Å². The highest BCUT2D eigenvalue weighted by atomic mass is 16.5. The van der Waals surface area contributed by atoms with E-state index in [0.29, 0.717) is 17.1 Å². The fraction of sp³-hybridized carbons (Fsp3) is 0.600. The number of rotatable bonds is 7. The lowest BCUT2D eigenvalue weighted by atomic mass is 9.96. The van der Waals surface area contributed by atoms with Gasteiger partial charge >= 0.3 is 0 Å².